The van der Waals surface area contributed by atoms with E-state index in [0.29, 0.717) is 18.8 Å². The van der Waals surface area contributed by atoms with E-state index in [4.69, 9.17) is 4.74 Å². The van der Waals surface area contributed by atoms with Crippen LogP contribution in [0.5, 0.6) is 0 Å². The van der Waals surface area contributed by atoms with Crippen molar-refractivity contribution in [2.24, 2.45) is 0 Å². The Morgan fingerprint density at radius 3 is 2.56 bits per heavy atom. The monoisotopic (exact) mass is 254 g/mol. The van der Waals surface area contributed by atoms with Gasteiger partial charge in [0.05, 0.1) is 17.1 Å². The molecule has 5 nitrogen and oxygen atoms in total. The molecule has 0 saturated carbocycles. The van der Waals surface area contributed by atoms with E-state index in [2.05, 4.69) is 0 Å². The van der Waals surface area contributed by atoms with E-state index in [9.17, 15) is 14.5 Å². The van der Waals surface area contributed by atoms with Gasteiger partial charge in [0.2, 0.25) is 5.82 Å². The van der Waals surface area contributed by atoms with Gasteiger partial charge in [-0.1, -0.05) is 6.07 Å². The Bertz CT molecular complexity index is 457. The van der Waals surface area contributed by atoms with Gasteiger partial charge in [0.1, 0.15) is 5.69 Å². The van der Waals surface area contributed by atoms with Gasteiger partial charge >= 0.3 is 5.69 Å². The van der Waals surface area contributed by atoms with Crippen LogP contribution in [0.4, 0.5) is 15.8 Å². The summed E-state index contributed by atoms with van der Waals surface area (Å²) in [5, 5.41) is 11.0. The van der Waals surface area contributed by atoms with E-state index in [1.807, 2.05) is 13.8 Å². The van der Waals surface area contributed by atoms with E-state index in [1.54, 1.807) is 11.0 Å². The van der Waals surface area contributed by atoms with Crippen molar-refractivity contribution in [3.05, 3.63) is 34.1 Å². The van der Waals surface area contributed by atoms with Crippen molar-refractivity contribution in [1.82, 2.24) is 0 Å². The van der Waals surface area contributed by atoms with E-state index in [1.165, 1.54) is 6.07 Å². The van der Waals surface area contributed by atoms with Crippen LogP contribution in [0.1, 0.15) is 13.8 Å². The summed E-state index contributed by atoms with van der Waals surface area (Å²) < 4.78 is 19.1. The van der Waals surface area contributed by atoms with Crippen LogP contribution < -0.4 is 4.90 Å². The SMILES string of the molecule is C[C@@H]1CN(c2cccc(F)c2[N+](=O)[O-])C[C@H](C)O1. The highest BCUT2D eigenvalue weighted by Gasteiger charge is 2.29. The normalized spacial score (nSPS) is 24.1. The molecule has 1 aliphatic rings. The molecule has 1 saturated heterocycles. The Morgan fingerprint density at radius 2 is 2.00 bits per heavy atom. The minimum atomic E-state index is -0.802. The van der Waals surface area contributed by atoms with Crippen LogP contribution >= 0.6 is 0 Å². The molecule has 0 radical (unpaired) electrons. The summed E-state index contributed by atoms with van der Waals surface area (Å²) in [5.74, 6) is -0.802. The fourth-order valence-electron chi connectivity index (χ4n) is 2.31. The van der Waals surface area contributed by atoms with Gasteiger partial charge in [0, 0.05) is 13.1 Å². The smallest absolute Gasteiger partial charge is 0.327 e. The maximum absolute atomic E-state index is 13.6. The second-order valence-corrected chi connectivity index (χ2v) is 4.53. The molecule has 1 heterocycles. The molecule has 1 aromatic rings. The Hall–Kier alpha value is -1.69. The highest BCUT2D eigenvalue weighted by atomic mass is 19.1. The Labute approximate surface area is 104 Å². The third-order valence-electron chi connectivity index (χ3n) is 2.91. The van der Waals surface area contributed by atoms with Crippen molar-refractivity contribution in [2.45, 2.75) is 26.1 Å². The van der Waals surface area contributed by atoms with E-state index in [0.717, 1.165) is 6.07 Å². The third-order valence-corrected chi connectivity index (χ3v) is 2.91. The van der Waals surface area contributed by atoms with Crippen molar-refractivity contribution >= 4 is 11.4 Å². The first kappa shape index (κ1) is 12.8. The number of morpholine rings is 1. The standard InChI is InChI=1S/C12H15FN2O3/c1-8-6-14(7-9(2)18-8)11-5-3-4-10(13)12(11)15(16)17/h3-5,8-9H,6-7H2,1-2H3/t8-,9+. The van der Waals surface area contributed by atoms with Gasteiger partial charge in [-0.2, -0.15) is 4.39 Å². The molecule has 98 valence electrons. The average molecular weight is 254 g/mol. The fraction of sp³-hybridized carbons (Fsp3) is 0.500. The number of hydrogen-bond donors (Lipinski definition) is 0. The number of anilines is 1. The van der Waals surface area contributed by atoms with Crippen LogP contribution in [0.25, 0.3) is 0 Å². The van der Waals surface area contributed by atoms with Crippen molar-refractivity contribution in [3.8, 4) is 0 Å². The van der Waals surface area contributed by atoms with Crippen molar-refractivity contribution in [2.75, 3.05) is 18.0 Å². The zero-order valence-corrected chi connectivity index (χ0v) is 10.3. The summed E-state index contributed by atoms with van der Waals surface area (Å²) in [6, 6.07) is 4.17. The Kier molecular flexibility index (Phi) is 3.47. The van der Waals surface area contributed by atoms with Gasteiger partial charge in [-0.3, -0.25) is 10.1 Å². The zero-order valence-electron chi connectivity index (χ0n) is 10.3. The Balaban J connectivity index is 2.38. The molecule has 1 fully saturated rings. The summed E-state index contributed by atoms with van der Waals surface area (Å²) in [6.07, 6.45) is -0.0618. The molecule has 0 amide bonds. The quantitative estimate of drug-likeness (QED) is 0.600. The lowest BCUT2D eigenvalue weighted by Gasteiger charge is -2.36. The van der Waals surface area contributed by atoms with Gasteiger partial charge in [-0.05, 0) is 26.0 Å². The van der Waals surface area contributed by atoms with Gasteiger partial charge in [-0.25, -0.2) is 0 Å². The number of halogens is 1. The van der Waals surface area contributed by atoms with Crippen molar-refractivity contribution in [1.29, 1.82) is 0 Å². The predicted octanol–water partition coefficient (Wildman–Crippen LogP) is 2.35. The van der Waals surface area contributed by atoms with Gasteiger partial charge < -0.3 is 9.64 Å². The molecule has 0 unspecified atom stereocenters. The molecule has 18 heavy (non-hydrogen) atoms. The first-order valence-electron chi connectivity index (χ1n) is 5.82. The van der Waals surface area contributed by atoms with E-state index >= 15 is 0 Å². The van der Waals surface area contributed by atoms with Crippen LogP contribution in [0.3, 0.4) is 0 Å². The van der Waals surface area contributed by atoms with E-state index < -0.39 is 16.4 Å². The first-order chi connectivity index (χ1) is 8.49. The van der Waals surface area contributed by atoms with Crippen LogP contribution in [-0.4, -0.2) is 30.2 Å². The summed E-state index contributed by atoms with van der Waals surface area (Å²) in [6.45, 7) is 4.84. The number of ether oxygens (including phenoxy) is 1. The number of nitrogens with zero attached hydrogens (tertiary/aromatic N) is 2. The van der Waals surface area contributed by atoms with Crippen molar-refractivity contribution in [3.63, 3.8) is 0 Å². The molecule has 0 aliphatic carbocycles. The predicted molar refractivity (Wildman–Crippen MR) is 65.3 cm³/mol. The second-order valence-electron chi connectivity index (χ2n) is 4.53. The van der Waals surface area contributed by atoms with Crippen LogP contribution in [0.15, 0.2) is 18.2 Å². The molecule has 2 rings (SSSR count). The average Bonchev–Trinajstić information content (AvgIpc) is 2.26. The Morgan fingerprint density at radius 1 is 1.39 bits per heavy atom. The second kappa shape index (κ2) is 4.89. The largest absolute Gasteiger partial charge is 0.372 e. The number of nitro groups is 1. The lowest BCUT2D eigenvalue weighted by atomic mass is 10.1. The molecular weight excluding hydrogens is 239 g/mol. The highest BCUT2D eigenvalue weighted by molar-refractivity contribution is 5.64. The van der Waals surface area contributed by atoms with Gasteiger partial charge in [-0.15, -0.1) is 0 Å². The highest BCUT2D eigenvalue weighted by Crippen LogP contribution is 2.32. The number of rotatable bonds is 2. The molecule has 1 aromatic carbocycles. The summed E-state index contributed by atoms with van der Waals surface area (Å²) in [7, 11) is 0. The first-order valence-corrected chi connectivity index (χ1v) is 5.82. The molecule has 2 atom stereocenters. The maximum atomic E-state index is 13.6. The van der Waals surface area contributed by atoms with Crippen LogP contribution in [-0.2, 0) is 4.74 Å². The topological polar surface area (TPSA) is 55.6 Å². The minimum absolute atomic E-state index is 0.0309. The van der Waals surface area contributed by atoms with Gasteiger partial charge in [0.15, 0.2) is 0 Å². The third kappa shape index (κ3) is 2.43. The number of benzene rings is 1. The number of nitro benzene ring substituents is 1. The molecule has 0 N–H and O–H groups in total. The zero-order chi connectivity index (χ0) is 13.3. The number of para-hydroxylation sites is 1. The van der Waals surface area contributed by atoms with Crippen LogP contribution in [0.2, 0.25) is 0 Å². The molecule has 0 aromatic heterocycles. The molecule has 6 heteroatoms. The maximum Gasteiger partial charge on any atom is 0.327 e. The summed E-state index contributed by atoms with van der Waals surface area (Å²) in [4.78, 5) is 12.1. The molecular formula is C12H15FN2O3. The van der Waals surface area contributed by atoms with Crippen molar-refractivity contribution < 1.29 is 14.1 Å². The lowest BCUT2D eigenvalue weighted by molar-refractivity contribution is -0.386. The minimum Gasteiger partial charge on any atom is -0.372 e. The summed E-state index contributed by atoms with van der Waals surface area (Å²) in [5.41, 5.74) is -0.138. The molecule has 0 bridgehead atoms. The lowest BCUT2D eigenvalue weighted by Crippen LogP contribution is -2.45. The van der Waals surface area contributed by atoms with E-state index in [-0.39, 0.29) is 12.2 Å². The number of hydrogen-bond acceptors (Lipinski definition) is 4. The molecule has 0 spiro atoms. The van der Waals surface area contributed by atoms with Crippen LogP contribution in [0, 0.1) is 15.9 Å². The summed E-state index contributed by atoms with van der Waals surface area (Å²) >= 11 is 0. The van der Waals surface area contributed by atoms with Gasteiger partial charge in [0.25, 0.3) is 0 Å². The molecule has 1 aliphatic heterocycles. The fourth-order valence-corrected chi connectivity index (χ4v) is 2.31.